The van der Waals surface area contributed by atoms with E-state index in [1.807, 2.05) is 25.1 Å². The van der Waals surface area contributed by atoms with Crippen LogP contribution in [0, 0.1) is 17.8 Å². The number of hydrogen-bond acceptors (Lipinski definition) is 6. The molecule has 5 rings (SSSR count). The minimum absolute atomic E-state index is 0.0205. The lowest BCUT2D eigenvalue weighted by Crippen LogP contribution is -2.45. The summed E-state index contributed by atoms with van der Waals surface area (Å²) < 4.78 is 29.3. The summed E-state index contributed by atoms with van der Waals surface area (Å²) in [6, 6.07) is 12.3. The zero-order valence-corrected chi connectivity index (χ0v) is 30.6. The lowest BCUT2D eigenvalue weighted by molar-refractivity contribution is -0.0208. The van der Waals surface area contributed by atoms with E-state index in [-0.39, 0.29) is 29.1 Å². The molecule has 2 aliphatic heterocycles. The molecule has 1 N–H and O–H groups in total. The summed E-state index contributed by atoms with van der Waals surface area (Å²) in [5, 5.41) is 0.554. The molecule has 0 spiro atoms. The van der Waals surface area contributed by atoms with Crippen LogP contribution in [0.1, 0.15) is 87.7 Å². The highest BCUT2D eigenvalue weighted by Crippen LogP contribution is 2.43. The number of carbonyl (C=O) groups excluding carboxylic acids is 1. The van der Waals surface area contributed by atoms with Crippen LogP contribution in [0.2, 0.25) is 5.02 Å². The molecule has 1 saturated carbocycles. The highest BCUT2D eigenvalue weighted by Gasteiger charge is 2.39. The number of likely N-dealkylation sites (N-methyl/N-ethyl adjacent to an activating group) is 1. The van der Waals surface area contributed by atoms with Gasteiger partial charge in [0.2, 0.25) is 0 Å². The SMILES string of the molecule is CCCc1cc(Cl)ccc1C1COc2ccc3cc2N(C1)CC1CCC1C(OCCN(C)C(C)C)/C=C/CC(C)C(C)[S+]([O-])NC3=O. The lowest BCUT2D eigenvalue weighted by atomic mass is 9.70. The van der Waals surface area contributed by atoms with Gasteiger partial charge in [-0.1, -0.05) is 50.1 Å². The van der Waals surface area contributed by atoms with Gasteiger partial charge in [-0.25, -0.2) is 0 Å². The number of rotatable bonds is 8. The van der Waals surface area contributed by atoms with Crippen LogP contribution < -0.4 is 14.4 Å². The maximum absolute atomic E-state index is 13.4. The molecule has 0 saturated heterocycles. The molecule has 1 aliphatic carbocycles. The average Bonchev–Trinajstić information content (AvgIpc) is 3.21. The van der Waals surface area contributed by atoms with Gasteiger partial charge in [0, 0.05) is 48.1 Å². The van der Waals surface area contributed by atoms with Crippen LogP contribution in [-0.4, -0.2) is 72.7 Å². The van der Waals surface area contributed by atoms with E-state index < -0.39 is 11.4 Å². The van der Waals surface area contributed by atoms with E-state index in [4.69, 9.17) is 21.1 Å². The van der Waals surface area contributed by atoms with Gasteiger partial charge >= 0.3 is 0 Å². The quantitative estimate of drug-likeness (QED) is 0.231. The Morgan fingerprint density at radius 1 is 1.17 bits per heavy atom. The fourth-order valence-electron chi connectivity index (χ4n) is 6.98. The number of benzene rings is 2. The van der Waals surface area contributed by atoms with Gasteiger partial charge in [0.25, 0.3) is 5.91 Å². The topological polar surface area (TPSA) is 77.1 Å². The molecule has 7 unspecified atom stereocenters. The summed E-state index contributed by atoms with van der Waals surface area (Å²) in [6.07, 6.45) is 9.52. The molecule has 1 fully saturated rings. The second-order valence-corrected chi connectivity index (χ2v) is 16.2. The number of fused-ring (bicyclic) bond motifs is 2. The minimum atomic E-state index is -1.52. The van der Waals surface area contributed by atoms with Gasteiger partial charge < -0.3 is 23.8 Å². The Labute approximate surface area is 290 Å². The molecule has 2 aromatic carbocycles. The molecule has 2 bridgehead atoms. The third kappa shape index (κ3) is 8.87. The van der Waals surface area contributed by atoms with Crippen molar-refractivity contribution in [1.29, 1.82) is 0 Å². The van der Waals surface area contributed by atoms with Gasteiger partial charge in [-0.05, 0) is 107 Å². The normalized spacial score (nSPS) is 29.0. The Bertz CT molecular complexity index is 1390. The van der Waals surface area contributed by atoms with Crippen molar-refractivity contribution in [2.75, 3.05) is 44.8 Å². The number of allylic oxidation sites excluding steroid dienone is 1. The van der Waals surface area contributed by atoms with Gasteiger partial charge in [-0.15, -0.1) is 0 Å². The highest BCUT2D eigenvalue weighted by atomic mass is 35.5. The number of anilines is 1. The second-order valence-electron chi connectivity index (χ2n) is 14.2. The van der Waals surface area contributed by atoms with Crippen molar-refractivity contribution >= 4 is 34.6 Å². The monoisotopic (exact) mass is 683 g/mol. The maximum Gasteiger partial charge on any atom is 0.292 e. The molecule has 3 aliphatic rings. The molecule has 1 amide bonds. The number of halogens is 1. The number of amides is 1. The highest BCUT2D eigenvalue weighted by molar-refractivity contribution is 7.90. The Morgan fingerprint density at radius 2 is 1.98 bits per heavy atom. The van der Waals surface area contributed by atoms with Gasteiger partial charge in [0.1, 0.15) is 11.0 Å². The molecular weight excluding hydrogens is 630 g/mol. The first-order valence-electron chi connectivity index (χ1n) is 17.6. The third-order valence-electron chi connectivity index (χ3n) is 10.7. The molecule has 2 aromatic rings. The van der Waals surface area contributed by atoms with Crippen LogP contribution in [0.5, 0.6) is 5.75 Å². The number of hydrogen-bond donors (Lipinski definition) is 1. The molecule has 258 valence electrons. The largest absolute Gasteiger partial charge is 0.593 e. The summed E-state index contributed by atoms with van der Waals surface area (Å²) >= 11 is 4.93. The van der Waals surface area contributed by atoms with Crippen LogP contribution in [0.3, 0.4) is 0 Å². The zero-order valence-electron chi connectivity index (χ0n) is 29.0. The first-order chi connectivity index (χ1) is 22.5. The first kappa shape index (κ1) is 36.1. The van der Waals surface area contributed by atoms with Crippen LogP contribution in [-0.2, 0) is 22.5 Å². The van der Waals surface area contributed by atoms with E-state index in [1.165, 1.54) is 11.1 Å². The van der Waals surface area contributed by atoms with E-state index in [9.17, 15) is 9.35 Å². The average molecular weight is 684 g/mol. The molecule has 47 heavy (non-hydrogen) atoms. The maximum atomic E-state index is 13.4. The van der Waals surface area contributed by atoms with Crippen molar-refractivity contribution < 1.29 is 18.8 Å². The molecule has 0 aromatic heterocycles. The Morgan fingerprint density at radius 3 is 2.70 bits per heavy atom. The number of aryl methyl sites for hydroxylation is 1. The summed E-state index contributed by atoms with van der Waals surface area (Å²) in [7, 11) is 2.15. The van der Waals surface area contributed by atoms with Crippen molar-refractivity contribution in [2.45, 2.75) is 90.0 Å². The number of ether oxygens (including phenoxy) is 2. The van der Waals surface area contributed by atoms with Crippen molar-refractivity contribution in [3.63, 3.8) is 0 Å². The standard InChI is InChI=1S/C38H54ClN3O4S/c1-7-9-28-20-32(39)14-16-33(28)31-23-42-22-30-12-15-34(30)36(45-19-18-41(6)25(2)3)11-8-10-26(4)27(5)47(44)40-38(43)29-13-17-37(46-24-31)35(42)21-29/h8,11,13-14,16-17,20-21,25-27,30-31,34,36H,7,9-10,12,15,18-19,22-24H2,1-6H3,(H,40,43)/b11-8+. The summed E-state index contributed by atoms with van der Waals surface area (Å²) in [4.78, 5) is 18.2. The zero-order chi connectivity index (χ0) is 33.7. The number of nitrogens with one attached hydrogen (secondary N) is 1. The van der Waals surface area contributed by atoms with Crippen LogP contribution >= 0.6 is 11.6 Å². The van der Waals surface area contributed by atoms with E-state index in [2.05, 4.69) is 73.5 Å². The molecule has 7 nitrogen and oxygen atoms in total. The molecule has 2 heterocycles. The van der Waals surface area contributed by atoms with E-state index in [1.54, 1.807) is 6.07 Å². The van der Waals surface area contributed by atoms with Gasteiger partial charge in [-0.2, -0.15) is 4.72 Å². The molecule has 7 atom stereocenters. The Hall–Kier alpha value is -2.23. The summed E-state index contributed by atoms with van der Waals surface area (Å²) in [6.45, 7) is 14.4. The smallest absolute Gasteiger partial charge is 0.292 e. The minimum Gasteiger partial charge on any atom is -0.593 e. The molecule has 0 radical (unpaired) electrons. The fourth-order valence-corrected chi connectivity index (χ4v) is 8.19. The van der Waals surface area contributed by atoms with Crippen molar-refractivity contribution in [2.24, 2.45) is 17.8 Å². The second kappa shape index (κ2) is 16.4. The predicted octanol–water partition coefficient (Wildman–Crippen LogP) is 7.40. The number of nitrogens with zero attached hydrogens (tertiary/aromatic N) is 2. The first-order valence-corrected chi connectivity index (χ1v) is 19.1. The lowest BCUT2D eigenvalue weighted by Gasteiger charge is -2.44. The van der Waals surface area contributed by atoms with Gasteiger partial charge in [0.05, 0.1) is 36.4 Å². The van der Waals surface area contributed by atoms with Crippen molar-refractivity contribution in [1.82, 2.24) is 9.62 Å². The van der Waals surface area contributed by atoms with E-state index in [0.717, 1.165) is 68.2 Å². The van der Waals surface area contributed by atoms with E-state index in [0.29, 0.717) is 36.7 Å². The molecular formula is C38H54ClN3O4S. The van der Waals surface area contributed by atoms with Crippen LogP contribution in [0.15, 0.2) is 48.6 Å². The van der Waals surface area contributed by atoms with Crippen LogP contribution in [0.4, 0.5) is 5.69 Å². The Balaban J connectivity index is 1.49. The molecule has 9 heteroatoms. The summed E-state index contributed by atoms with van der Waals surface area (Å²) in [5.74, 6) is 1.56. The van der Waals surface area contributed by atoms with Gasteiger partial charge in [-0.3, -0.25) is 4.79 Å². The summed E-state index contributed by atoms with van der Waals surface area (Å²) in [5.41, 5.74) is 3.96. The van der Waals surface area contributed by atoms with Crippen molar-refractivity contribution in [3.05, 3.63) is 70.3 Å². The third-order valence-corrected chi connectivity index (χ3v) is 12.4. The fraction of sp³-hybridized carbons (Fsp3) is 0.605. The predicted molar refractivity (Wildman–Crippen MR) is 194 cm³/mol. The van der Waals surface area contributed by atoms with Gasteiger partial charge in [0.15, 0.2) is 0 Å². The van der Waals surface area contributed by atoms with Crippen molar-refractivity contribution in [3.8, 4) is 5.75 Å². The number of carbonyl (C=O) groups is 1. The van der Waals surface area contributed by atoms with E-state index >= 15 is 0 Å². The Kier molecular flexibility index (Phi) is 12.6. The van der Waals surface area contributed by atoms with Crippen LogP contribution in [0.25, 0.3) is 0 Å².